The van der Waals surface area contributed by atoms with Gasteiger partial charge >= 0.3 is 5.69 Å². The molecule has 0 radical (unpaired) electrons. The van der Waals surface area contributed by atoms with Crippen molar-refractivity contribution in [3.63, 3.8) is 0 Å². The van der Waals surface area contributed by atoms with Crippen LogP contribution in [0.5, 0.6) is 0 Å². The van der Waals surface area contributed by atoms with E-state index in [4.69, 9.17) is 0 Å². The molecule has 1 aliphatic heterocycles. The number of hydrogen-bond acceptors (Lipinski definition) is 5. The first-order chi connectivity index (χ1) is 13.3. The third-order valence-electron chi connectivity index (χ3n) is 5.35. The normalized spacial score (nSPS) is 18.6. The largest absolute Gasteiger partial charge is 0.349 e. The second-order valence-corrected chi connectivity index (χ2v) is 7.91. The number of carbonyl (C=O) groups excluding carboxylic acids is 1. The zero-order valence-electron chi connectivity index (χ0n) is 17.8. The zero-order chi connectivity index (χ0) is 20.4. The number of amides is 1. The fraction of sp³-hybridized carbons (Fsp3) is 0.600. The van der Waals surface area contributed by atoms with Crippen molar-refractivity contribution in [3.8, 4) is 0 Å². The number of aromatic nitrogens is 3. The van der Waals surface area contributed by atoms with Gasteiger partial charge in [-0.3, -0.25) is 19.1 Å². The van der Waals surface area contributed by atoms with Crippen molar-refractivity contribution in [2.24, 2.45) is 5.92 Å². The number of piperidine rings is 1. The van der Waals surface area contributed by atoms with E-state index in [-0.39, 0.29) is 59.3 Å². The molecule has 0 bridgehead atoms. The van der Waals surface area contributed by atoms with Gasteiger partial charge in [0.15, 0.2) is 5.65 Å². The van der Waals surface area contributed by atoms with E-state index in [2.05, 4.69) is 27.5 Å². The van der Waals surface area contributed by atoms with Crippen LogP contribution < -0.4 is 21.9 Å². The Morgan fingerprint density at radius 2 is 2.03 bits per heavy atom. The monoisotopic (exact) mass is 459 g/mol. The van der Waals surface area contributed by atoms with Gasteiger partial charge in [-0.1, -0.05) is 27.7 Å². The molecule has 0 aromatic carbocycles. The van der Waals surface area contributed by atoms with Crippen LogP contribution in [0.15, 0.2) is 15.7 Å². The third kappa shape index (κ3) is 5.22. The van der Waals surface area contributed by atoms with Gasteiger partial charge in [0.2, 0.25) is 0 Å². The Kier molecular flexibility index (Phi) is 9.52. The van der Waals surface area contributed by atoms with E-state index in [0.717, 1.165) is 19.5 Å². The lowest BCUT2D eigenvalue weighted by atomic mass is 9.94. The predicted octanol–water partition coefficient (Wildman–Crippen LogP) is 2.19. The topological polar surface area (TPSA) is 109 Å². The van der Waals surface area contributed by atoms with Crippen LogP contribution in [0.4, 0.5) is 0 Å². The summed E-state index contributed by atoms with van der Waals surface area (Å²) in [6, 6.07) is 1.73. The van der Waals surface area contributed by atoms with Crippen LogP contribution in [0, 0.1) is 5.92 Å². The van der Waals surface area contributed by atoms with Crippen LogP contribution in [0.25, 0.3) is 11.0 Å². The highest BCUT2D eigenvalue weighted by Crippen LogP contribution is 2.21. The maximum atomic E-state index is 13.2. The molecule has 2 atom stereocenters. The number of aromatic amines is 1. The molecule has 30 heavy (non-hydrogen) atoms. The van der Waals surface area contributed by atoms with E-state index in [1.807, 2.05) is 20.8 Å². The fourth-order valence-corrected chi connectivity index (χ4v) is 3.67. The molecule has 0 saturated carbocycles. The molecule has 2 aromatic heterocycles. The maximum Gasteiger partial charge on any atom is 0.329 e. The molecule has 0 aliphatic carbocycles. The Hall–Kier alpha value is -1.90. The lowest BCUT2D eigenvalue weighted by molar-refractivity contribution is 0.0915. The summed E-state index contributed by atoms with van der Waals surface area (Å²) in [6.45, 7) is 10.1. The molecule has 168 valence electrons. The summed E-state index contributed by atoms with van der Waals surface area (Å²) in [5.41, 5.74) is 0.187. The van der Waals surface area contributed by atoms with Crippen molar-refractivity contribution in [2.75, 3.05) is 13.1 Å². The average Bonchev–Trinajstić information content (AvgIpc) is 2.65. The number of nitrogens with one attached hydrogen (secondary N) is 3. The van der Waals surface area contributed by atoms with Crippen LogP contribution in [0.1, 0.15) is 62.5 Å². The molecular formula is C20H31Cl2N5O3. The lowest BCUT2D eigenvalue weighted by Crippen LogP contribution is -2.48. The number of rotatable bonds is 5. The van der Waals surface area contributed by atoms with E-state index < -0.39 is 11.2 Å². The van der Waals surface area contributed by atoms with Crippen LogP contribution >= 0.6 is 24.8 Å². The lowest BCUT2D eigenvalue weighted by Gasteiger charge is -2.30. The first-order valence-corrected chi connectivity index (χ1v) is 10.0. The Morgan fingerprint density at radius 3 is 2.63 bits per heavy atom. The van der Waals surface area contributed by atoms with Gasteiger partial charge in [0.05, 0.1) is 10.9 Å². The third-order valence-corrected chi connectivity index (χ3v) is 5.35. The van der Waals surface area contributed by atoms with Gasteiger partial charge in [0, 0.05) is 18.3 Å². The Morgan fingerprint density at radius 1 is 1.33 bits per heavy atom. The Labute approximate surface area is 188 Å². The number of pyridine rings is 1. The number of H-pyrrole nitrogens is 1. The molecule has 0 spiro atoms. The van der Waals surface area contributed by atoms with Crippen LogP contribution in [-0.2, 0) is 6.54 Å². The molecule has 2 aromatic rings. The molecule has 1 fully saturated rings. The number of hydrogen-bond donors (Lipinski definition) is 3. The van der Waals surface area contributed by atoms with Crippen molar-refractivity contribution in [2.45, 2.75) is 59.0 Å². The molecule has 2 unspecified atom stereocenters. The Bertz CT molecular complexity index is 1000. The van der Waals surface area contributed by atoms with E-state index in [0.29, 0.717) is 24.6 Å². The number of fused-ring (bicyclic) bond motifs is 1. The maximum absolute atomic E-state index is 13.2. The second kappa shape index (κ2) is 10.9. The summed E-state index contributed by atoms with van der Waals surface area (Å²) < 4.78 is 1.45. The van der Waals surface area contributed by atoms with Crippen LogP contribution in [0.2, 0.25) is 0 Å². The summed E-state index contributed by atoms with van der Waals surface area (Å²) in [6.07, 6.45) is 1.55. The number of nitrogens with zero attached hydrogens (tertiary/aromatic N) is 2. The van der Waals surface area contributed by atoms with E-state index in [1.165, 1.54) is 4.57 Å². The van der Waals surface area contributed by atoms with E-state index in [1.54, 1.807) is 6.07 Å². The summed E-state index contributed by atoms with van der Waals surface area (Å²) >= 11 is 0. The van der Waals surface area contributed by atoms with E-state index >= 15 is 0 Å². The van der Waals surface area contributed by atoms with Crippen LogP contribution in [-0.4, -0.2) is 39.6 Å². The SMILES string of the molecule is CCCn1c(=O)[nH]c(=O)c2c(C(=O)NC3CCNCC3C)cc(C(C)C)nc21.Cl.Cl. The summed E-state index contributed by atoms with van der Waals surface area (Å²) in [5, 5.41) is 6.58. The van der Waals surface area contributed by atoms with Gasteiger partial charge in [-0.05, 0) is 43.8 Å². The minimum atomic E-state index is -0.571. The molecule has 3 N–H and O–H groups in total. The standard InChI is InChI=1S/C20H29N5O3.2ClH/c1-5-8-25-17-16(19(27)24-20(25)28)13(9-15(22-17)11(2)3)18(26)23-14-6-7-21-10-12(14)4;;/h9,11-12,14,21H,5-8,10H2,1-4H3,(H,23,26)(H,24,27,28);2*1H. The quantitative estimate of drug-likeness (QED) is 0.634. The van der Waals surface area contributed by atoms with Gasteiger partial charge in [0.1, 0.15) is 0 Å². The summed E-state index contributed by atoms with van der Waals surface area (Å²) in [4.78, 5) is 45.0. The zero-order valence-corrected chi connectivity index (χ0v) is 19.4. The van der Waals surface area contributed by atoms with Crippen molar-refractivity contribution in [1.82, 2.24) is 25.2 Å². The minimum Gasteiger partial charge on any atom is -0.349 e. The molecule has 1 aliphatic rings. The molecule has 1 saturated heterocycles. The van der Waals surface area contributed by atoms with E-state index in [9.17, 15) is 14.4 Å². The van der Waals surface area contributed by atoms with Crippen molar-refractivity contribution in [3.05, 3.63) is 38.2 Å². The average molecular weight is 460 g/mol. The minimum absolute atomic E-state index is 0. The first kappa shape index (κ1) is 26.1. The summed E-state index contributed by atoms with van der Waals surface area (Å²) in [7, 11) is 0. The van der Waals surface area contributed by atoms with Gasteiger partial charge in [0.25, 0.3) is 11.5 Å². The van der Waals surface area contributed by atoms with Gasteiger partial charge in [-0.2, -0.15) is 0 Å². The highest BCUT2D eigenvalue weighted by Gasteiger charge is 2.26. The highest BCUT2D eigenvalue weighted by molar-refractivity contribution is 6.05. The molecule has 3 heterocycles. The van der Waals surface area contributed by atoms with Crippen molar-refractivity contribution < 1.29 is 4.79 Å². The molecular weight excluding hydrogens is 429 g/mol. The number of aryl methyl sites for hydroxylation is 1. The molecule has 8 nitrogen and oxygen atoms in total. The fourth-order valence-electron chi connectivity index (χ4n) is 3.67. The molecule has 10 heteroatoms. The van der Waals surface area contributed by atoms with Gasteiger partial charge in [-0.25, -0.2) is 9.78 Å². The smallest absolute Gasteiger partial charge is 0.329 e. The first-order valence-electron chi connectivity index (χ1n) is 10.0. The van der Waals surface area contributed by atoms with Crippen molar-refractivity contribution >= 4 is 41.8 Å². The number of halogens is 2. The van der Waals surface area contributed by atoms with Crippen LogP contribution in [0.3, 0.4) is 0 Å². The Balaban J connectivity index is 0.00000225. The summed E-state index contributed by atoms with van der Waals surface area (Å²) in [5.74, 6) is 0.0606. The van der Waals surface area contributed by atoms with Crippen molar-refractivity contribution in [1.29, 1.82) is 0 Å². The predicted molar refractivity (Wildman–Crippen MR) is 123 cm³/mol. The van der Waals surface area contributed by atoms with Gasteiger partial charge < -0.3 is 10.6 Å². The second-order valence-electron chi connectivity index (χ2n) is 7.91. The van der Waals surface area contributed by atoms with Gasteiger partial charge in [-0.15, -0.1) is 24.8 Å². The highest BCUT2D eigenvalue weighted by atomic mass is 35.5. The molecule has 3 rings (SSSR count). The number of carbonyl (C=O) groups is 1. The molecule has 1 amide bonds.